The molecule has 1 atom stereocenters. The lowest BCUT2D eigenvalue weighted by Gasteiger charge is -2.12. The van der Waals surface area contributed by atoms with E-state index in [0.29, 0.717) is 0 Å². The second-order valence-corrected chi connectivity index (χ2v) is 2.17. The van der Waals surface area contributed by atoms with Crippen LogP contribution in [0.4, 0.5) is 0 Å². The van der Waals surface area contributed by atoms with Crippen molar-refractivity contribution in [2.75, 3.05) is 0 Å². The quantitative estimate of drug-likeness (QED) is 0.478. The lowest BCUT2D eigenvalue weighted by molar-refractivity contribution is -0.154. The first-order valence-corrected chi connectivity index (χ1v) is 3.01. The number of hydrogen-bond donors (Lipinski definition) is 3. The van der Waals surface area contributed by atoms with Gasteiger partial charge in [0.25, 0.3) is 0 Å². The normalized spacial score (nSPS) is 14.3. The SMILES string of the molecule is N#CC(O)(CCC(=O)O)C(=O)O. The first-order chi connectivity index (χ1) is 5.42. The molecule has 0 amide bonds. The summed E-state index contributed by atoms with van der Waals surface area (Å²) in [5, 5.41) is 33.5. The van der Waals surface area contributed by atoms with Gasteiger partial charge in [0.05, 0.1) is 0 Å². The van der Waals surface area contributed by atoms with Crippen LogP contribution >= 0.6 is 0 Å². The highest BCUT2D eigenvalue weighted by molar-refractivity contribution is 5.81. The Kier molecular flexibility index (Phi) is 3.19. The van der Waals surface area contributed by atoms with Gasteiger partial charge >= 0.3 is 11.9 Å². The van der Waals surface area contributed by atoms with Gasteiger partial charge < -0.3 is 15.3 Å². The summed E-state index contributed by atoms with van der Waals surface area (Å²) in [4.78, 5) is 20.2. The Morgan fingerprint density at radius 3 is 2.17 bits per heavy atom. The predicted molar refractivity (Wildman–Crippen MR) is 35.1 cm³/mol. The first-order valence-electron chi connectivity index (χ1n) is 3.01. The molecule has 0 aromatic heterocycles. The number of carboxylic acids is 2. The summed E-state index contributed by atoms with van der Waals surface area (Å²) >= 11 is 0. The molecule has 0 fully saturated rings. The van der Waals surface area contributed by atoms with E-state index >= 15 is 0 Å². The molecule has 3 N–H and O–H groups in total. The van der Waals surface area contributed by atoms with Crippen molar-refractivity contribution in [2.45, 2.75) is 18.4 Å². The third-order valence-corrected chi connectivity index (χ3v) is 1.24. The maximum Gasteiger partial charge on any atom is 0.350 e. The zero-order valence-corrected chi connectivity index (χ0v) is 6.02. The highest BCUT2D eigenvalue weighted by atomic mass is 16.4. The zero-order chi connectivity index (χ0) is 9.78. The van der Waals surface area contributed by atoms with Crippen LogP contribution in [-0.4, -0.2) is 32.9 Å². The van der Waals surface area contributed by atoms with Gasteiger partial charge in [0, 0.05) is 12.8 Å². The predicted octanol–water partition coefficient (Wildman–Crippen LogP) is -0.810. The fraction of sp³-hybridized carbons (Fsp3) is 0.500. The summed E-state index contributed by atoms with van der Waals surface area (Å²) in [6.45, 7) is 0. The topological polar surface area (TPSA) is 119 Å². The molecule has 0 saturated carbocycles. The van der Waals surface area contributed by atoms with Crippen LogP contribution in [0.15, 0.2) is 0 Å². The fourth-order valence-electron chi connectivity index (χ4n) is 0.498. The van der Waals surface area contributed by atoms with Crippen molar-refractivity contribution in [3.63, 3.8) is 0 Å². The molecule has 0 aliphatic rings. The Balaban J connectivity index is 4.28. The van der Waals surface area contributed by atoms with Crippen molar-refractivity contribution in [1.82, 2.24) is 0 Å². The van der Waals surface area contributed by atoms with Gasteiger partial charge in [-0.1, -0.05) is 0 Å². The van der Waals surface area contributed by atoms with Crippen molar-refractivity contribution in [2.24, 2.45) is 0 Å². The minimum Gasteiger partial charge on any atom is -0.481 e. The third kappa shape index (κ3) is 2.56. The van der Waals surface area contributed by atoms with E-state index in [4.69, 9.17) is 20.6 Å². The van der Waals surface area contributed by atoms with Crippen LogP contribution in [0.5, 0.6) is 0 Å². The summed E-state index contributed by atoms with van der Waals surface area (Å²) in [5.41, 5.74) is -2.58. The Morgan fingerprint density at radius 1 is 1.42 bits per heavy atom. The minimum absolute atomic E-state index is 0.559. The molecule has 0 saturated heterocycles. The molecule has 0 aliphatic carbocycles. The monoisotopic (exact) mass is 173 g/mol. The van der Waals surface area contributed by atoms with Crippen molar-refractivity contribution in [3.8, 4) is 6.07 Å². The molecule has 0 bridgehead atoms. The molecule has 0 aromatic carbocycles. The fourth-order valence-corrected chi connectivity index (χ4v) is 0.498. The molecule has 0 aliphatic heterocycles. The second-order valence-electron chi connectivity index (χ2n) is 2.17. The number of hydrogen-bond acceptors (Lipinski definition) is 4. The number of rotatable bonds is 4. The average molecular weight is 173 g/mol. The molecule has 6 nitrogen and oxygen atoms in total. The molecule has 0 spiro atoms. The second kappa shape index (κ2) is 3.69. The standard InChI is InChI=1S/C6H7NO5/c7-3-6(12,5(10)11)2-1-4(8)9/h12H,1-2H2,(H,8,9)(H,10,11). The van der Waals surface area contributed by atoms with Gasteiger partial charge in [0.2, 0.25) is 5.60 Å². The highest BCUT2D eigenvalue weighted by Crippen LogP contribution is 2.11. The zero-order valence-electron chi connectivity index (χ0n) is 6.02. The molecular formula is C6H7NO5. The highest BCUT2D eigenvalue weighted by Gasteiger charge is 2.36. The molecule has 6 heteroatoms. The average Bonchev–Trinajstić information content (AvgIpc) is 1.99. The number of aliphatic hydroxyl groups is 1. The van der Waals surface area contributed by atoms with Gasteiger partial charge in [0.1, 0.15) is 6.07 Å². The van der Waals surface area contributed by atoms with Crippen LogP contribution < -0.4 is 0 Å². The Labute approximate surface area is 67.7 Å². The van der Waals surface area contributed by atoms with Crippen LogP contribution in [0.3, 0.4) is 0 Å². The van der Waals surface area contributed by atoms with Crippen molar-refractivity contribution >= 4 is 11.9 Å². The van der Waals surface area contributed by atoms with Crippen molar-refractivity contribution < 1.29 is 24.9 Å². The summed E-state index contributed by atoms with van der Waals surface area (Å²) in [5.74, 6) is -2.99. The van der Waals surface area contributed by atoms with E-state index in [2.05, 4.69) is 0 Å². The van der Waals surface area contributed by atoms with Crippen LogP contribution in [0, 0.1) is 11.3 Å². The summed E-state index contributed by atoms with van der Waals surface area (Å²) in [6.07, 6.45) is -1.18. The van der Waals surface area contributed by atoms with E-state index in [-0.39, 0.29) is 0 Å². The third-order valence-electron chi connectivity index (χ3n) is 1.24. The molecule has 12 heavy (non-hydrogen) atoms. The molecule has 1 unspecified atom stereocenters. The van der Waals surface area contributed by atoms with Crippen LogP contribution in [0.2, 0.25) is 0 Å². The van der Waals surface area contributed by atoms with E-state index in [1.54, 1.807) is 0 Å². The van der Waals surface area contributed by atoms with Gasteiger partial charge in [-0.05, 0) is 0 Å². The van der Waals surface area contributed by atoms with E-state index in [1.807, 2.05) is 0 Å². The van der Waals surface area contributed by atoms with E-state index in [0.717, 1.165) is 6.07 Å². The maximum atomic E-state index is 10.2. The van der Waals surface area contributed by atoms with Crippen molar-refractivity contribution in [1.29, 1.82) is 5.26 Å². The van der Waals surface area contributed by atoms with Gasteiger partial charge in [-0.2, -0.15) is 5.26 Å². The Bertz CT molecular complexity index is 243. The molecule has 0 aromatic rings. The molecule has 0 heterocycles. The summed E-state index contributed by atoms with van der Waals surface area (Å²) < 4.78 is 0. The number of nitriles is 1. The van der Waals surface area contributed by atoms with Crippen LogP contribution in [-0.2, 0) is 9.59 Å². The maximum absolute atomic E-state index is 10.2. The van der Waals surface area contributed by atoms with Gasteiger partial charge in [0.15, 0.2) is 0 Å². The number of carbonyl (C=O) groups is 2. The molecule has 0 rings (SSSR count). The minimum atomic E-state index is -2.58. The summed E-state index contributed by atoms with van der Waals surface area (Å²) in [7, 11) is 0. The molecular weight excluding hydrogens is 166 g/mol. The van der Waals surface area contributed by atoms with Gasteiger partial charge in [-0.15, -0.1) is 0 Å². The number of carboxylic acid groups (broad SMARTS) is 2. The van der Waals surface area contributed by atoms with Gasteiger partial charge in [-0.25, -0.2) is 4.79 Å². The largest absolute Gasteiger partial charge is 0.481 e. The van der Waals surface area contributed by atoms with Gasteiger partial charge in [-0.3, -0.25) is 4.79 Å². The lowest BCUT2D eigenvalue weighted by atomic mass is 10.0. The Hall–Kier alpha value is -1.61. The van der Waals surface area contributed by atoms with E-state index in [1.165, 1.54) is 0 Å². The number of aliphatic carboxylic acids is 2. The lowest BCUT2D eigenvalue weighted by Crippen LogP contribution is -2.37. The van der Waals surface area contributed by atoms with Crippen molar-refractivity contribution in [3.05, 3.63) is 0 Å². The molecule has 0 radical (unpaired) electrons. The smallest absolute Gasteiger partial charge is 0.350 e. The van der Waals surface area contributed by atoms with E-state index < -0.39 is 30.4 Å². The number of nitrogens with zero attached hydrogens (tertiary/aromatic N) is 1. The molecule has 66 valence electrons. The van der Waals surface area contributed by atoms with Crippen LogP contribution in [0.1, 0.15) is 12.8 Å². The Morgan fingerprint density at radius 2 is 1.92 bits per heavy atom. The first kappa shape index (κ1) is 10.4. The summed E-state index contributed by atoms with van der Waals surface area (Å²) in [6, 6.07) is 1.13. The van der Waals surface area contributed by atoms with E-state index in [9.17, 15) is 9.59 Å². The van der Waals surface area contributed by atoms with Crippen LogP contribution in [0.25, 0.3) is 0 Å².